The number of allylic oxidation sites excluding steroid dienone is 4. The van der Waals surface area contributed by atoms with Crippen LogP contribution in [0.3, 0.4) is 0 Å². The Balaban J connectivity index is 0.00000181. The molecule has 0 aromatic carbocycles. The number of aliphatic hydroxyl groups is 3. The van der Waals surface area contributed by atoms with Crippen LogP contribution in [0.4, 0.5) is 0 Å². The van der Waals surface area contributed by atoms with Crippen molar-refractivity contribution in [3.05, 3.63) is 34.4 Å². The fraction of sp³-hybridized carbons (Fsp3) is 0.708. The SMILES string of the molecule is CC(C)C1=C2C3=CC=C(C=O)CC(O[C@@H]4OCC(O)[C@H](O)C4O)C3CCC2(C)CC1.[Y].[Y].[Y]. The van der Waals surface area contributed by atoms with Gasteiger partial charge in [0.15, 0.2) is 6.29 Å². The molecule has 0 spiro atoms. The van der Waals surface area contributed by atoms with E-state index >= 15 is 0 Å². The molecule has 3 radical (unpaired) electrons. The van der Waals surface area contributed by atoms with Crippen molar-refractivity contribution in [3.8, 4) is 0 Å². The molecular weight excluding hydrogens is 651 g/mol. The predicted octanol–water partition coefficient (Wildman–Crippen LogP) is 2.42. The van der Waals surface area contributed by atoms with Gasteiger partial charge in [0.1, 0.15) is 24.6 Å². The molecule has 4 aliphatic rings. The zero-order valence-corrected chi connectivity index (χ0v) is 28.3. The summed E-state index contributed by atoms with van der Waals surface area (Å²) in [6.07, 6.45) is 4.42. The molecule has 1 heterocycles. The van der Waals surface area contributed by atoms with Gasteiger partial charge in [-0.15, -0.1) is 0 Å². The molecule has 7 atom stereocenters. The van der Waals surface area contributed by atoms with Crippen LogP contribution >= 0.6 is 0 Å². The van der Waals surface area contributed by atoms with Gasteiger partial charge in [-0.2, -0.15) is 0 Å². The first kappa shape index (κ1) is 33.0. The van der Waals surface area contributed by atoms with Crippen LogP contribution in [0, 0.1) is 17.3 Å². The van der Waals surface area contributed by atoms with E-state index in [2.05, 4.69) is 26.8 Å². The van der Waals surface area contributed by atoms with Crippen molar-refractivity contribution in [2.75, 3.05) is 6.61 Å². The number of fused-ring (bicyclic) bond motifs is 3. The maximum Gasteiger partial charge on any atom is 0.186 e. The van der Waals surface area contributed by atoms with E-state index in [-0.39, 0.29) is 122 Å². The summed E-state index contributed by atoms with van der Waals surface area (Å²) in [4.78, 5) is 11.7. The van der Waals surface area contributed by atoms with Gasteiger partial charge in [0.25, 0.3) is 0 Å². The molecule has 5 unspecified atom stereocenters. The van der Waals surface area contributed by atoms with E-state index in [1.54, 1.807) is 0 Å². The topological polar surface area (TPSA) is 96.2 Å². The van der Waals surface area contributed by atoms with E-state index in [1.165, 1.54) is 16.7 Å². The Morgan fingerprint density at radius 2 is 1.82 bits per heavy atom. The Labute approximate surface area is 272 Å². The van der Waals surface area contributed by atoms with Crippen LogP contribution in [0.5, 0.6) is 0 Å². The van der Waals surface area contributed by atoms with Gasteiger partial charge in [0.05, 0.1) is 12.7 Å². The molecule has 0 aromatic rings. The summed E-state index contributed by atoms with van der Waals surface area (Å²) in [7, 11) is 0. The molecule has 175 valence electrons. The van der Waals surface area contributed by atoms with Gasteiger partial charge in [0.2, 0.25) is 0 Å². The van der Waals surface area contributed by atoms with Gasteiger partial charge in [-0.3, -0.25) is 4.79 Å². The third-order valence-corrected chi connectivity index (χ3v) is 7.54. The molecule has 3 N–H and O–H groups in total. The number of hydrogen-bond donors (Lipinski definition) is 3. The molecule has 3 aliphatic carbocycles. The molecule has 9 heteroatoms. The van der Waals surface area contributed by atoms with Crippen molar-refractivity contribution in [2.45, 2.75) is 83.6 Å². The molecule has 6 nitrogen and oxygen atoms in total. The Morgan fingerprint density at radius 3 is 2.45 bits per heavy atom. The third kappa shape index (κ3) is 6.72. The first-order valence-electron chi connectivity index (χ1n) is 11.2. The van der Waals surface area contributed by atoms with Crippen LogP contribution < -0.4 is 0 Å². The van der Waals surface area contributed by atoms with E-state index in [0.717, 1.165) is 32.0 Å². The van der Waals surface area contributed by atoms with E-state index in [1.807, 2.05) is 6.08 Å². The number of carbonyl (C=O) groups excluding carboxylic acids is 1. The van der Waals surface area contributed by atoms with E-state index < -0.39 is 24.6 Å². The van der Waals surface area contributed by atoms with Gasteiger partial charge in [-0.25, -0.2) is 0 Å². The fourth-order valence-corrected chi connectivity index (χ4v) is 5.76. The van der Waals surface area contributed by atoms with Gasteiger partial charge < -0.3 is 24.8 Å². The van der Waals surface area contributed by atoms with Crippen LogP contribution in [-0.4, -0.2) is 58.9 Å². The smallest absolute Gasteiger partial charge is 0.186 e. The molecule has 0 bridgehead atoms. The average molecular weight is 685 g/mol. The maximum atomic E-state index is 11.7. The Kier molecular flexibility index (Phi) is 13.7. The number of carbonyl (C=O) groups is 1. The summed E-state index contributed by atoms with van der Waals surface area (Å²) >= 11 is 0. The second-order valence-electron chi connectivity index (χ2n) is 9.87. The Hall–Kier alpha value is 2.00. The van der Waals surface area contributed by atoms with Crippen LogP contribution in [0.1, 0.15) is 52.9 Å². The number of ether oxygens (including phenoxy) is 2. The Morgan fingerprint density at radius 1 is 1.12 bits per heavy atom. The standard InChI is InChI=1S/C24H34O6.3Y/c1-13(2)15-6-8-24(3)9-7-16-17(20(15)24)5-4-14(11-25)10-19(16)30-23-22(28)21(27)18(26)12-29-23;;;/h4-5,11,13,16,18-19,21-23,26-28H,6-10,12H2,1-3H3;;;/t16?,18?,19?,21-,22?,23-,24?;;;/m0.../s1. The minimum absolute atomic E-state index is 0. The molecule has 1 aliphatic heterocycles. The quantitative estimate of drug-likeness (QED) is 0.394. The van der Waals surface area contributed by atoms with Crippen LogP contribution in [0.15, 0.2) is 34.4 Å². The molecule has 1 saturated carbocycles. The van der Waals surface area contributed by atoms with Gasteiger partial charge in [-0.1, -0.05) is 38.5 Å². The second-order valence-corrected chi connectivity index (χ2v) is 9.87. The summed E-state index contributed by atoms with van der Waals surface area (Å²) in [5.74, 6) is 0.562. The van der Waals surface area contributed by atoms with Crippen molar-refractivity contribution >= 4 is 6.29 Å². The van der Waals surface area contributed by atoms with Crippen molar-refractivity contribution in [1.29, 1.82) is 0 Å². The monoisotopic (exact) mass is 685 g/mol. The van der Waals surface area contributed by atoms with E-state index in [4.69, 9.17) is 9.47 Å². The zero-order valence-electron chi connectivity index (χ0n) is 19.8. The van der Waals surface area contributed by atoms with Crippen molar-refractivity contribution in [1.82, 2.24) is 0 Å². The van der Waals surface area contributed by atoms with Gasteiger partial charge in [-0.05, 0) is 53.7 Å². The first-order valence-corrected chi connectivity index (χ1v) is 11.2. The van der Waals surface area contributed by atoms with Gasteiger partial charge in [0, 0.05) is 110 Å². The predicted molar refractivity (Wildman–Crippen MR) is 111 cm³/mol. The molecule has 4 rings (SSSR count). The van der Waals surface area contributed by atoms with Crippen molar-refractivity contribution in [3.63, 3.8) is 0 Å². The summed E-state index contributed by atoms with van der Waals surface area (Å²) in [5, 5.41) is 30.1. The fourth-order valence-electron chi connectivity index (χ4n) is 5.76. The number of aldehydes is 1. The number of hydrogen-bond acceptors (Lipinski definition) is 6. The summed E-state index contributed by atoms with van der Waals surface area (Å²) in [5.41, 5.74) is 5.00. The van der Waals surface area contributed by atoms with Crippen molar-refractivity contribution < 1.29 is 128 Å². The summed E-state index contributed by atoms with van der Waals surface area (Å²) in [6, 6.07) is 0. The van der Waals surface area contributed by atoms with Crippen LogP contribution in [0.2, 0.25) is 0 Å². The van der Waals surface area contributed by atoms with Crippen molar-refractivity contribution in [2.24, 2.45) is 17.3 Å². The van der Waals surface area contributed by atoms with E-state index in [9.17, 15) is 20.1 Å². The minimum atomic E-state index is -1.33. The largest absolute Gasteiger partial charge is 0.388 e. The zero-order chi connectivity index (χ0) is 21.6. The molecule has 1 saturated heterocycles. The average Bonchev–Trinajstić information content (AvgIpc) is 2.98. The molecule has 2 fully saturated rings. The maximum absolute atomic E-state index is 11.7. The van der Waals surface area contributed by atoms with Crippen LogP contribution in [0.25, 0.3) is 0 Å². The molecule has 0 amide bonds. The second kappa shape index (κ2) is 13.7. The first-order chi connectivity index (χ1) is 14.2. The summed E-state index contributed by atoms with van der Waals surface area (Å²) in [6.45, 7) is 6.74. The third-order valence-electron chi connectivity index (χ3n) is 7.54. The molecule has 33 heavy (non-hydrogen) atoms. The summed E-state index contributed by atoms with van der Waals surface area (Å²) < 4.78 is 11.7. The normalized spacial score (nSPS) is 37.9. The number of rotatable bonds is 4. The Bertz CT molecular complexity index is 795. The molecular formula is C24H34O6Y3. The van der Waals surface area contributed by atoms with Gasteiger partial charge >= 0.3 is 0 Å². The number of aliphatic hydroxyl groups excluding tert-OH is 3. The minimum Gasteiger partial charge on any atom is -0.388 e. The van der Waals surface area contributed by atoms with Crippen LogP contribution in [-0.2, 0) is 112 Å². The van der Waals surface area contributed by atoms with E-state index in [0.29, 0.717) is 17.9 Å². The molecule has 0 aromatic heterocycles.